The van der Waals surface area contributed by atoms with Crippen molar-refractivity contribution < 1.29 is 9.59 Å². The normalized spacial score (nSPS) is 13.4. The molecule has 0 heterocycles. The van der Waals surface area contributed by atoms with E-state index < -0.39 is 18.0 Å². The molecule has 0 fully saturated rings. The highest BCUT2D eigenvalue weighted by Crippen LogP contribution is 2.14. The van der Waals surface area contributed by atoms with Gasteiger partial charge in [0.1, 0.15) is 6.04 Å². The first-order chi connectivity index (χ1) is 8.93. The first-order valence-corrected chi connectivity index (χ1v) is 6.85. The van der Waals surface area contributed by atoms with E-state index in [0.717, 1.165) is 10.9 Å². The van der Waals surface area contributed by atoms with E-state index in [0.29, 0.717) is 5.69 Å². The molecule has 0 aromatic heterocycles. The number of primary amides is 1. The van der Waals surface area contributed by atoms with Gasteiger partial charge in [0.2, 0.25) is 5.91 Å². The first-order valence-electron chi connectivity index (χ1n) is 6.06. The van der Waals surface area contributed by atoms with Crippen molar-refractivity contribution in [2.45, 2.75) is 26.3 Å². The minimum Gasteiger partial charge on any atom is -0.368 e. The number of benzene rings is 1. The highest BCUT2D eigenvalue weighted by molar-refractivity contribution is 9.10. The summed E-state index contributed by atoms with van der Waals surface area (Å²) in [6.45, 7) is 3.81. The second-order valence-electron chi connectivity index (χ2n) is 4.37. The van der Waals surface area contributed by atoms with Gasteiger partial charge in [-0.25, -0.2) is 4.79 Å². The zero-order chi connectivity index (χ0) is 14.4. The fourth-order valence-corrected chi connectivity index (χ4v) is 1.84. The van der Waals surface area contributed by atoms with Crippen LogP contribution in [0.5, 0.6) is 0 Å². The van der Waals surface area contributed by atoms with Crippen LogP contribution < -0.4 is 16.4 Å². The zero-order valence-corrected chi connectivity index (χ0v) is 12.5. The molecule has 0 aliphatic heterocycles. The standard InChI is InChI=1S/C13H18BrN3O2/c1-3-8(2)11(12(15)18)17-13(19)16-10-6-4-9(14)5-7-10/h4-8,11H,3H2,1-2H3,(H2,15,18)(H2,16,17,19). The van der Waals surface area contributed by atoms with E-state index in [9.17, 15) is 9.59 Å². The minimum atomic E-state index is -0.666. The van der Waals surface area contributed by atoms with E-state index in [4.69, 9.17) is 5.73 Å². The van der Waals surface area contributed by atoms with Crippen LogP contribution in [-0.2, 0) is 4.79 Å². The first kappa shape index (κ1) is 15.5. The SMILES string of the molecule is CCC(C)C(NC(=O)Nc1ccc(Br)cc1)C(N)=O. The molecule has 0 saturated carbocycles. The average molecular weight is 328 g/mol. The maximum absolute atomic E-state index is 11.8. The molecule has 5 nitrogen and oxygen atoms in total. The Labute approximate surface area is 121 Å². The fraction of sp³-hybridized carbons (Fsp3) is 0.385. The molecule has 2 unspecified atom stereocenters. The van der Waals surface area contributed by atoms with Crippen LogP contribution in [0.3, 0.4) is 0 Å². The van der Waals surface area contributed by atoms with Crippen molar-refractivity contribution in [2.75, 3.05) is 5.32 Å². The molecular formula is C13H18BrN3O2. The molecule has 1 rings (SSSR count). The highest BCUT2D eigenvalue weighted by Gasteiger charge is 2.23. The number of hydrogen-bond acceptors (Lipinski definition) is 2. The van der Waals surface area contributed by atoms with Crippen LogP contribution in [0.15, 0.2) is 28.7 Å². The Hall–Kier alpha value is -1.56. The molecule has 1 aromatic rings. The summed E-state index contributed by atoms with van der Waals surface area (Å²) in [6.07, 6.45) is 0.756. The second kappa shape index (κ2) is 7.13. The smallest absolute Gasteiger partial charge is 0.319 e. The number of hydrogen-bond donors (Lipinski definition) is 3. The molecule has 2 atom stereocenters. The lowest BCUT2D eigenvalue weighted by molar-refractivity contribution is -0.120. The quantitative estimate of drug-likeness (QED) is 0.776. The highest BCUT2D eigenvalue weighted by atomic mass is 79.9. The molecule has 0 saturated heterocycles. The number of carbonyl (C=O) groups excluding carboxylic acids is 2. The van der Waals surface area contributed by atoms with Crippen molar-refractivity contribution >= 4 is 33.6 Å². The summed E-state index contributed by atoms with van der Waals surface area (Å²) in [6, 6.07) is 6.04. The number of carbonyl (C=O) groups is 2. The molecule has 0 bridgehead atoms. The van der Waals surface area contributed by atoms with Crippen LogP contribution in [0.1, 0.15) is 20.3 Å². The van der Waals surface area contributed by atoms with Crippen molar-refractivity contribution in [1.82, 2.24) is 5.32 Å². The van der Waals surface area contributed by atoms with Gasteiger partial charge in [-0.3, -0.25) is 4.79 Å². The van der Waals surface area contributed by atoms with Gasteiger partial charge in [0.25, 0.3) is 0 Å². The van der Waals surface area contributed by atoms with Gasteiger partial charge >= 0.3 is 6.03 Å². The monoisotopic (exact) mass is 327 g/mol. The lowest BCUT2D eigenvalue weighted by atomic mass is 9.99. The Morgan fingerprint density at radius 2 is 1.89 bits per heavy atom. The Morgan fingerprint density at radius 3 is 2.37 bits per heavy atom. The summed E-state index contributed by atoms with van der Waals surface area (Å²) in [7, 11) is 0. The molecule has 0 aliphatic carbocycles. The largest absolute Gasteiger partial charge is 0.368 e. The molecule has 6 heteroatoms. The van der Waals surface area contributed by atoms with Crippen molar-refractivity contribution in [1.29, 1.82) is 0 Å². The molecule has 0 spiro atoms. The van der Waals surface area contributed by atoms with Gasteiger partial charge in [-0.1, -0.05) is 36.2 Å². The average Bonchev–Trinajstić information content (AvgIpc) is 2.37. The number of anilines is 1. The lowest BCUT2D eigenvalue weighted by Crippen LogP contribution is -2.49. The summed E-state index contributed by atoms with van der Waals surface area (Å²) >= 11 is 3.31. The summed E-state index contributed by atoms with van der Waals surface area (Å²) in [5.41, 5.74) is 5.93. The maximum Gasteiger partial charge on any atom is 0.319 e. The minimum absolute atomic E-state index is 0.00633. The second-order valence-corrected chi connectivity index (χ2v) is 5.29. The zero-order valence-electron chi connectivity index (χ0n) is 10.9. The Bertz CT molecular complexity index is 448. The number of nitrogens with two attached hydrogens (primary N) is 1. The third kappa shape index (κ3) is 4.90. The Morgan fingerprint density at radius 1 is 1.32 bits per heavy atom. The summed E-state index contributed by atoms with van der Waals surface area (Å²) in [5.74, 6) is -0.534. The van der Waals surface area contributed by atoms with Gasteiger partial charge in [0.05, 0.1) is 0 Å². The van der Waals surface area contributed by atoms with Gasteiger partial charge in [-0.15, -0.1) is 0 Å². The van der Waals surface area contributed by atoms with Crippen LogP contribution >= 0.6 is 15.9 Å². The van der Waals surface area contributed by atoms with Crippen molar-refractivity contribution in [2.24, 2.45) is 11.7 Å². The van der Waals surface area contributed by atoms with Crippen LogP contribution in [0.25, 0.3) is 0 Å². The lowest BCUT2D eigenvalue weighted by Gasteiger charge is -2.21. The molecule has 0 aliphatic rings. The number of amides is 3. The third-order valence-electron chi connectivity index (χ3n) is 2.91. The Balaban J connectivity index is 2.62. The van der Waals surface area contributed by atoms with Gasteiger partial charge < -0.3 is 16.4 Å². The number of urea groups is 1. The molecule has 0 radical (unpaired) electrons. The van der Waals surface area contributed by atoms with Gasteiger partial charge in [0.15, 0.2) is 0 Å². The third-order valence-corrected chi connectivity index (χ3v) is 3.44. The molecule has 3 amide bonds. The van der Waals surface area contributed by atoms with Crippen LogP contribution in [-0.4, -0.2) is 18.0 Å². The summed E-state index contributed by atoms with van der Waals surface area (Å²) in [5, 5.41) is 5.25. The molecule has 1 aromatic carbocycles. The molecule has 104 valence electrons. The fourth-order valence-electron chi connectivity index (χ4n) is 1.57. The van der Waals surface area contributed by atoms with E-state index in [-0.39, 0.29) is 5.92 Å². The number of halogens is 1. The van der Waals surface area contributed by atoms with E-state index >= 15 is 0 Å². The number of rotatable bonds is 5. The molecular weight excluding hydrogens is 310 g/mol. The Kier molecular flexibility index (Phi) is 5.82. The van der Waals surface area contributed by atoms with Crippen molar-refractivity contribution in [3.63, 3.8) is 0 Å². The number of nitrogens with one attached hydrogen (secondary N) is 2. The van der Waals surface area contributed by atoms with E-state index in [1.165, 1.54) is 0 Å². The van der Waals surface area contributed by atoms with Crippen LogP contribution in [0, 0.1) is 5.92 Å². The van der Waals surface area contributed by atoms with Crippen LogP contribution in [0.4, 0.5) is 10.5 Å². The molecule has 4 N–H and O–H groups in total. The van der Waals surface area contributed by atoms with Gasteiger partial charge in [-0.2, -0.15) is 0 Å². The predicted octanol–water partition coefficient (Wildman–Crippen LogP) is 2.47. The van der Waals surface area contributed by atoms with E-state index in [1.54, 1.807) is 12.1 Å². The predicted molar refractivity (Wildman–Crippen MR) is 78.7 cm³/mol. The van der Waals surface area contributed by atoms with E-state index in [2.05, 4.69) is 26.6 Å². The topological polar surface area (TPSA) is 84.2 Å². The van der Waals surface area contributed by atoms with Gasteiger partial charge in [-0.05, 0) is 30.2 Å². The summed E-state index contributed by atoms with van der Waals surface area (Å²) < 4.78 is 0.924. The van der Waals surface area contributed by atoms with Crippen LogP contribution in [0.2, 0.25) is 0 Å². The molecule has 19 heavy (non-hydrogen) atoms. The van der Waals surface area contributed by atoms with Gasteiger partial charge in [0, 0.05) is 10.2 Å². The summed E-state index contributed by atoms with van der Waals surface area (Å²) in [4.78, 5) is 23.1. The maximum atomic E-state index is 11.8. The van der Waals surface area contributed by atoms with Crippen molar-refractivity contribution in [3.8, 4) is 0 Å². The van der Waals surface area contributed by atoms with Crippen molar-refractivity contribution in [3.05, 3.63) is 28.7 Å². The van der Waals surface area contributed by atoms with E-state index in [1.807, 2.05) is 26.0 Å².